The molecule has 0 aromatic heterocycles. The number of nitrogens with zero attached hydrogens (tertiary/aromatic N) is 2. The van der Waals surface area contributed by atoms with Crippen molar-refractivity contribution in [2.24, 2.45) is 0 Å². The molecule has 0 radical (unpaired) electrons. The Labute approximate surface area is 206 Å². The van der Waals surface area contributed by atoms with Crippen molar-refractivity contribution in [3.8, 4) is 0 Å². The molecule has 0 bridgehead atoms. The molecule has 0 saturated carbocycles. The van der Waals surface area contributed by atoms with Gasteiger partial charge >= 0.3 is 6.18 Å². The molecule has 2 nitrogen and oxygen atoms in total. The number of benzene rings is 3. The van der Waals surface area contributed by atoms with Gasteiger partial charge in [0.15, 0.2) is 0 Å². The van der Waals surface area contributed by atoms with Crippen LogP contribution in [-0.2, 0) is 12.7 Å². The van der Waals surface area contributed by atoms with E-state index in [4.69, 9.17) is 0 Å². The lowest BCUT2D eigenvalue weighted by Gasteiger charge is -2.44. The highest BCUT2D eigenvalue weighted by Crippen LogP contribution is 2.35. The van der Waals surface area contributed by atoms with E-state index in [9.17, 15) is 13.2 Å². The van der Waals surface area contributed by atoms with E-state index >= 15 is 0 Å². The number of halogens is 5. The third-order valence-corrected chi connectivity index (χ3v) is 6.20. The molecule has 1 heterocycles. The maximum absolute atomic E-state index is 13.5. The molecule has 1 unspecified atom stereocenters. The van der Waals surface area contributed by atoms with Crippen LogP contribution in [0, 0.1) is 0 Å². The summed E-state index contributed by atoms with van der Waals surface area (Å²) in [5.74, 6) is 0.146. The van der Waals surface area contributed by atoms with Gasteiger partial charge < -0.3 is 0 Å². The van der Waals surface area contributed by atoms with Crippen LogP contribution < -0.4 is 0 Å². The third-order valence-electron chi connectivity index (χ3n) is 6.20. The van der Waals surface area contributed by atoms with Gasteiger partial charge in [0.25, 0.3) is 0 Å². The zero-order valence-corrected chi connectivity index (χ0v) is 20.0. The van der Waals surface area contributed by atoms with Crippen molar-refractivity contribution in [3.05, 3.63) is 107 Å². The van der Waals surface area contributed by atoms with Gasteiger partial charge in [-0.15, -0.1) is 24.8 Å². The maximum Gasteiger partial charge on any atom is 0.416 e. The molecule has 0 N–H and O–H groups in total. The summed E-state index contributed by atoms with van der Waals surface area (Å²) in [6.45, 7) is 2.57. The van der Waals surface area contributed by atoms with Gasteiger partial charge in [0, 0.05) is 38.1 Å². The molecule has 1 saturated heterocycles. The fourth-order valence-corrected chi connectivity index (χ4v) is 4.60. The van der Waals surface area contributed by atoms with Crippen molar-refractivity contribution in [2.45, 2.75) is 24.7 Å². The van der Waals surface area contributed by atoms with Crippen molar-refractivity contribution in [1.29, 1.82) is 0 Å². The average molecular weight is 497 g/mol. The highest BCUT2D eigenvalue weighted by Gasteiger charge is 2.36. The van der Waals surface area contributed by atoms with E-state index < -0.39 is 11.7 Å². The van der Waals surface area contributed by atoms with Crippen molar-refractivity contribution in [2.75, 3.05) is 26.7 Å². The van der Waals surface area contributed by atoms with Gasteiger partial charge in [-0.2, -0.15) is 13.2 Å². The van der Waals surface area contributed by atoms with Crippen molar-refractivity contribution in [3.63, 3.8) is 0 Å². The Morgan fingerprint density at radius 1 is 0.788 bits per heavy atom. The van der Waals surface area contributed by atoms with Crippen LogP contribution in [0.2, 0.25) is 0 Å². The maximum atomic E-state index is 13.5. The van der Waals surface area contributed by atoms with Crippen LogP contribution in [0.4, 0.5) is 13.2 Å². The van der Waals surface area contributed by atoms with E-state index in [-0.39, 0.29) is 36.8 Å². The number of alkyl halides is 3. The third kappa shape index (κ3) is 6.51. The Hall–Kier alpha value is -2.05. The minimum Gasteiger partial charge on any atom is -0.300 e. The molecule has 1 aliphatic rings. The van der Waals surface area contributed by atoms with Gasteiger partial charge in [0.2, 0.25) is 0 Å². The lowest BCUT2D eigenvalue weighted by atomic mass is 9.83. The lowest BCUT2D eigenvalue weighted by Crippen LogP contribution is -2.53. The van der Waals surface area contributed by atoms with Crippen molar-refractivity contribution in [1.82, 2.24) is 9.80 Å². The standard InChI is InChI=1S/C26H27F3N2.2ClH/c1-30-16-17-31(18-22-14-8-9-15-23(22)26(27,28)29)19-24(30)25(20-10-4-2-5-11-20)21-12-6-3-7-13-21;;/h2-15,24-25H,16-19H2,1H3;2*1H. The summed E-state index contributed by atoms with van der Waals surface area (Å²) in [7, 11) is 2.12. The summed E-state index contributed by atoms with van der Waals surface area (Å²) in [6, 6.07) is 26.9. The minimum absolute atomic E-state index is 0. The molecular formula is C26H29Cl2F3N2. The van der Waals surface area contributed by atoms with Crippen molar-refractivity contribution >= 4 is 24.8 Å². The normalized spacial score (nSPS) is 17.3. The number of hydrogen-bond donors (Lipinski definition) is 0. The van der Waals surface area contributed by atoms with Crippen LogP contribution in [0.25, 0.3) is 0 Å². The molecular weight excluding hydrogens is 468 g/mol. The summed E-state index contributed by atoms with van der Waals surface area (Å²) in [6.07, 6.45) is -4.33. The number of likely N-dealkylation sites (N-methyl/N-ethyl adjacent to an activating group) is 1. The monoisotopic (exact) mass is 496 g/mol. The van der Waals surface area contributed by atoms with Gasteiger partial charge in [-0.3, -0.25) is 9.80 Å². The second-order valence-corrected chi connectivity index (χ2v) is 8.24. The van der Waals surface area contributed by atoms with E-state index in [1.807, 2.05) is 36.4 Å². The summed E-state index contributed by atoms with van der Waals surface area (Å²) in [5, 5.41) is 0. The molecule has 0 aliphatic carbocycles. The molecule has 7 heteroatoms. The van der Waals surface area contributed by atoms with Gasteiger partial charge in [-0.25, -0.2) is 0 Å². The molecule has 33 heavy (non-hydrogen) atoms. The minimum atomic E-state index is -4.33. The second kappa shape index (κ2) is 11.9. The van der Waals surface area contributed by atoms with Gasteiger partial charge in [-0.05, 0) is 29.8 Å². The predicted octanol–water partition coefficient (Wildman–Crippen LogP) is 6.50. The Balaban J connectivity index is 0.00000193. The van der Waals surface area contributed by atoms with Crippen LogP contribution in [0.3, 0.4) is 0 Å². The van der Waals surface area contributed by atoms with Crippen molar-refractivity contribution < 1.29 is 13.2 Å². The molecule has 1 atom stereocenters. The summed E-state index contributed by atoms with van der Waals surface area (Å²) in [5.41, 5.74) is 2.26. The molecule has 3 aromatic rings. The molecule has 0 spiro atoms. The van der Waals surface area contributed by atoms with Crippen LogP contribution in [0.15, 0.2) is 84.9 Å². The fourth-order valence-electron chi connectivity index (χ4n) is 4.60. The molecule has 1 fully saturated rings. The second-order valence-electron chi connectivity index (χ2n) is 8.24. The Bertz CT molecular complexity index is 944. The highest BCUT2D eigenvalue weighted by atomic mass is 35.5. The largest absolute Gasteiger partial charge is 0.416 e. The SMILES string of the molecule is CN1CCN(Cc2ccccc2C(F)(F)F)CC1C(c1ccccc1)c1ccccc1.Cl.Cl. The van der Waals surface area contributed by atoms with Crippen LogP contribution >= 0.6 is 24.8 Å². The van der Waals surface area contributed by atoms with Gasteiger partial charge in [0.1, 0.15) is 0 Å². The highest BCUT2D eigenvalue weighted by molar-refractivity contribution is 5.85. The summed E-state index contributed by atoms with van der Waals surface area (Å²) < 4.78 is 40.5. The van der Waals surface area contributed by atoms with E-state index in [0.29, 0.717) is 18.7 Å². The number of rotatable bonds is 5. The first-order valence-electron chi connectivity index (χ1n) is 10.6. The van der Waals surface area contributed by atoms with Gasteiger partial charge in [-0.1, -0.05) is 78.9 Å². The molecule has 1 aliphatic heterocycles. The zero-order chi connectivity index (χ0) is 21.8. The van der Waals surface area contributed by atoms with Crippen LogP contribution in [-0.4, -0.2) is 42.5 Å². The molecule has 178 valence electrons. The Morgan fingerprint density at radius 2 is 1.30 bits per heavy atom. The average Bonchev–Trinajstić information content (AvgIpc) is 2.77. The van der Waals surface area contributed by atoms with E-state index in [1.165, 1.54) is 23.3 Å². The zero-order valence-electron chi connectivity index (χ0n) is 18.4. The predicted molar refractivity (Wildman–Crippen MR) is 132 cm³/mol. The summed E-state index contributed by atoms with van der Waals surface area (Å²) in [4.78, 5) is 4.50. The quantitative estimate of drug-likeness (QED) is 0.397. The van der Waals surface area contributed by atoms with E-state index in [1.54, 1.807) is 12.1 Å². The first-order chi connectivity index (χ1) is 14.9. The topological polar surface area (TPSA) is 6.48 Å². The fraction of sp³-hybridized carbons (Fsp3) is 0.308. The van der Waals surface area contributed by atoms with E-state index in [2.05, 4.69) is 41.1 Å². The summed E-state index contributed by atoms with van der Waals surface area (Å²) >= 11 is 0. The van der Waals surface area contributed by atoms with Crippen LogP contribution in [0.1, 0.15) is 28.2 Å². The first kappa shape index (κ1) is 27.2. The number of piperazine rings is 1. The molecule has 3 aromatic carbocycles. The van der Waals surface area contributed by atoms with Crippen LogP contribution in [0.5, 0.6) is 0 Å². The smallest absolute Gasteiger partial charge is 0.300 e. The van der Waals surface area contributed by atoms with E-state index in [0.717, 1.165) is 13.1 Å². The number of hydrogen-bond acceptors (Lipinski definition) is 2. The Morgan fingerprint density at radius 3 is 1.85 bits per heavy atom. The first-order valence-corrected chi connectivity index (χ1v) is 10.6. The Kier molecular flexibility index (Phi) is 9.80. The molecule has 0 amide bonds. The lowest BCUT2D eigenvalue weighted by molar-refractivity contribution is -0.138. The molecule has 4 rings (SSSR count). The van der Waals surface area contributed by atoms with Gasteiger partial charge in [0.05, 0.1) is 5.56 Å².